The first kappa shape index (κ1) is 51.8. The van der Waals surface area contributed by atoms with Gasteiger partial charge in [-0.3, -0.25) is 9.59 Å². The number of nitrogens with zero attached hydrogens (tertiary/aromatic N) is 4. The molecular formula is C59H76N5O6+. The maximum absolute atomic E-state index is 13.6. The molecule has 0 radical (unpaired) electrons. The van der Waals surface area contributed by atoms with Gasteiger partial charge in [0.25, 0.3) is 5.91 Å². The van der Waals surface area contributed by atoms with Crippen molar-refractivity contribution in [2.24, 2.45) is 5.16 Å². The molecule has 11 nitrogen and oxygen atoms in total. The summed E-state index contributed by atoms with van der Waals surface area (Å²) in [4.78, 5) is 49.5. The SMILES string of the molecule is Cc1cc(C)c2c(c1)CC(=N/OCC(=O)N1CCCCC1)/C=C/C[C@H](OCCCNC(=O)CCCCN1/C(=C\C=C\C3=[N+](C)c4ccccc4C3(C)C)C(C)(C)c3ccccc31)/C=C/C[C@@H](C)OC2=O. The predicted octanol–water partition coefficient (Wildman–Crippen LogP) is 10.7. The molecule has 0 aliphatic carbocycles. The number of amides is 2. The Bertz CT molecular complexity index is 2560. The molecule has 70 heavy (non-hydrogen) atoms. The third kappa shape index (κ3) is 12.6. The standard InChI is InChI=1S/C59H75N5O6/c1-42-38-43(2)56-45(39-42)40-46(61-69-41-55(66)63-34-15-9-16-35-63)23-19-25-47(24-18-22-44(3)70-57(56)67)68-37-21-33-60-54(65)32-14-17-36-64-51-29-13-11-27-49(51)59(6,7)53(64)31-20-30-52-58(4,5)48-26-10-12-28-50(48)62(52)8/h10-13,18-20,23-24,26-31,38-39,44,47H,9,14-17,21-22,25,32-37,40-41H2,1-8H3/p+1/b23-19+,24-18+,61-46+/t44-,47-/m1/s1. The van der Waals surface area contributed by atoms with Crippen molar-refractivity contribution in [1.82, 2.24) is 10.2 Å². The van der Waals surface area contributed by atoms with Gasteiger partial charge in [0.2, 0.25) is 11.6 Å². The molecule has 11 heteroatoms. The number of nitrogens with one attached hydrogen (secondary N) is 1. The van der Waals surface area contributed by atoms with Gasteiger partial charge in [-0.2, -0.15) is 4.58 Å². The van der Waals surface area contributed by atoms with Crippen LogP contribution in [0.5, 0.6) is 0 Å². The van der Waals surface area contributed by atoms with E-state index >= 15 is 0 Å². The van der Waals surface area contributed by atoms with Gasteiger partial charge < -0.3 is 29.4 Å². The van der Waals surface area contributed by atoms with Gasteiger partial charge in [-0.05, 0) is 114 Å². The number of anilines is 1. The van der Waals surface area contributed by atoms with E-state index in [1.54, 1.807) is 0 Å². The quantitative estimate of drug-likeness (QED) is 0.0531. The van der Waals surface area contributed by atoms with E-state index in [9.17, 15) is 14.4 Å². The minimum absolute atomic E-state index is 0.0464. The Morgan fingerprint density at radius 1 is 0.929 bits per heavy atom. The Labute approximate surface area is 417 Å². The average molecular weight is 951 g/mol. The van der Waals surface area contributed by atoms with E-state index in [4.69, 9.17) is 14.3 Å². The lowest BCUT2D eigenvalue weighted by Gasteiger charge is -2.27. The second-order valence-corrected chi connectivity index (χ2v) is 20.5. The van der Waals surface area contributed by atoms with Crippen molar-refractivity contribution < 1.29 is 33.3 Å². The van der Waals surface area contributed by atoms with E-state index in [1.807, 2.05) is 62.1 Å². The Morgan fingerprint density at radius 3 is 2.47 bits per heavy atom. The zero-order chi connectivity index (χ0) is 49.8. The molecule has 1 saturated heterocycles. The number of allylic oxidation sites excluding steroid dienone is 5. The van der Waals surface area contributed by atoms with Crippen molar-refractivity contribution in [3.05, 3.63) is 142 Å². The largest absolute Gasteiger partial charge is 0.459 e. The highest BCUT2D eigenvalue weighted by Crippen LogP contribution is 2.48. The summed E-state index contributed by atoms with van der Waals surface area (Å²) in [5.74, 6) is -0.402. The first-order valence-electron chi connectivity index (χ1n) is 25.6. The summed E-state index contributed by atoms with van der Waals surface area (Å²) in [6.07, 6.45) is 21.4. The van der Waals surface area contributed by atoms with Gasteiger partial charge in [-0.25, -0.2) is 4.79 Å². The molecule has 0 aromatic heterocycles. The molecule has 0 spiro atoms. The maximum atomic E-state index is 13.6. The highest BCUT2D eigenvalue weighted by molar-refractivity contribution is 6.03. The van der Waals surface area contributed by atoms with Gasteiger partial charge in [0, 0.05) is 86.6 Å². The topological polar surface area (TPSA) is 113 Å². The zero-order valence-electron chi connectivity index (χ0n) is 43.0. The zero-order valence-corrected chi connectivity index (χ0v) is 43.0. The number of ether oxygens (including phenoxy) is 2. The molecular weight excluding hydrogens is 875 g/mol. The summed E-state index contributed by atoms with van der Waals surface area (Å²) in [7, 11) is 2.16. The van der Waals surface area contributed by atoms with Crippen LogP contribution in [-0.4, -0.2) is 97.3 Å². The fourth-order valence-corrected chi connectivity index (χ4v) is 10.6. The molecule has 2 amide bonds. The second-order valence-electron chi connectivity index (χ2n) is 20.5. The number of unbranched alkanes of at least 4 members (excludes halogenated alkanes) is 1. The molecule has 1 fully saturated rings. The number of cyclic esters (lactones) is 1. The molecule has 3 aromatic rings. The first-order valence-corrected chi connectivity index (χ1v) is 25.6. The summed E-state index contributed by atoms with van der Waals surface area (Å²) in [5.41, 5.74) is 11.2. The molecule has 1 N–H and O–H groups in total. The molecule has 4 aliphatic rings. The highest BCUT2D eigenvalue weighted by Gasteiger charge is 2.43. The lowest BCUT2D eigenvalue weighted by atomic mass is 9.81. The van der Waals surface area contributed by atoms with Crippen LogP contribution in [0.2, 0.25) is 0 Å². The van der Waals surface area contributed by atoms with Crippen LogP contribution >= 0.6 is 0 Å². The molecule has 4 aliphatic heterocycles. The Hall–Kier alpha value is -6.07. The number of carbonyl (C=O) groups excluding carboxylic acids is 3. The van der Waals surface area contributed by atoms with Crippen molar-refractivity contribution in [1.29, 1.82) is 0 Å². The van der Waals surface area contributed by atoms with Crippen LogP contribution in [0, 0.1) is 13.8 Å². The predicted molar refractivity (Wildman–Crippen MR) is 281 cm³/mol. The van der Waals surface area contributed by atoms with Gasteiger partial charge in [-0.1, -0.05) is 97.4 Å². The van der Waals surface area contributed by atoms with Crippen LogP contribution < -0.4 is 10.2 Å². The number of para-hydroxylation sites is 2. The fourth-order valence-electron chi connectivity index (χ4n) is 10.6. The monoisotopic (exact) mass is 951 g/mol. The summed E-state index contributed by atoms with van der Waals surface area (Å²) in [5, 5.41) is 7.55. The fraction of sp³-hybridized carbons (Fsp3) is 0.475. The second kappa shape index (κ2) is 23.7. The van der Waals surface area contributed by atoms with Crippen LogP contribution in [0.4, 0.5) is 11.4 Å². The molecule has 0 unspecified atom stereocenters. The number of piperidine rings is 1. The number of rotatable bonds is 15. The van der Waals surface area contributed by atoms with Crippen LogP contribution in [0.25, 0.3) is 0 Å². The summed E-state index contributed by atoms with van der Waals surface area (Å²) in [6.45, 7) is 18.2. The lowest BCUT2D eigenvalue weighted by Crippen LogP contribution is -2.37. The van der Waals surface area contributed by atoms with E-state index < -0.39 is 0 Å². The number of hydrogen-bond donors (Lipinski definition) is 1. The van der Waals surface area contributed by atoms with Crippen molar-refractivity contribution >= 4 is 40.6 Å². The number of fused-ring (bicyclic) bond motifs is 3. The summed E-state index contributed by atoms with van der Waals surface area (Å²) < 4.78 is 14.6. The Morgan fingerprint density at radius 2 is 1.69 bits per heavy atom. The van der Waals surface area contributed by atoms with E-state index in [-0.39, 0.29) is 47.4 Å². The Kier molecular flexibility index (Phi) is 17.5. The van der Waals surface area contributed by atoms with E-state index in [0.29, 0.717) is 56.5 Å². The molecule has 2 atom stereocenters. The molecule has 7 rings (SSSR count). The number of likely N-dealkylation sites (tertiary alicyclic amines) is 1. The van der Waals surface area contributed by atoms with Crippen molar-refractivity contribution in [3.63, 3.8) is 0 Å². The lowest BCUT2D eigenvalue weighted by molar-refractivity contribution is -0.401. The average Bonchev–Trinajstić information content (AvgIpc) is 3.66. The highest BCUT2D eigenvalue weighted by atomic mass is 16.6. The summed E-state index contributed by atoms with van der Waals surface area (Å²) in [6, 6.07) is 21.3. The van der Waals surface area contributed by atoms with E-state index in [0.717, 1.165) is 68.4 Å². The molecule has 4 heterocycles. The first-order chi connectivity index (χ1) is 33.6. The minimum Gasteiger partial charge on any atom is -0.459 e. The van der Waals surface area contributed by atoms with Crippen molar-refractivity contribution in [2.75, 3.05) is 51.3 Å². The minimum atomic E-state index is -0.375. The van der Waals surface area contributed by atoms with Crippen LogP contribution in [0.15, 0.2) is 114 Å². The van der Waals surface area contributed by atoms with Gasteiger partial charge >= 0.3 is 5.97 Å². The normalized spacial score (nSPS) is 22.1. The maximum Gasteiger partial charge on any atom is 0.338 e. The van der Waals surface area contributed by atoms with Crippen LogP contribution in [-0.2, 0) is 41.2 Å². The number of aryl methyl sites for hydroxylation is 2. The molecule has 3 aromatic carbocycles. The number of hydrogen-bond acceptors (Lipinski definition) is 8. The van der Waals surface area contributed by atoms with Crippen LogP contribution in [0.1, 0.15) is 131 Å². The van der Waals surface area contributed by atoms with Crippen molar-refractivity contribution in [2.45, 2.75) is 136 Å². The number of carbonyl (C=O) groups is 3. The molecule has 372 valence electrons. The third-order valence-corrected chi connectivity index (χ3v) is 14.3. The van der Waals surface area contributed by atoms with E-state index in [1.165, 1.54) is 33.9 Å². The smallest absolute Gasteiger partial charge is 0.338 e. The summed E-state index contributed by atoms with van der Waals surface area (Å²) >= 11 is 0. The van der Waals surface area contributed by atoms with Gasteiger partial charge in [0.15, 0.2) is 12.3 Å². The number of esters is 1. The molecule has 0 saturated carbocycles. The van der Waals surface area contributed by atoms with Crippen LogP contribution in [0.3, 0.4) is 0 Å². The van der Waals surface area contributed by atoms with Crippen molar-refractivity contribution in [3.8, 4) is 0 Å². The van der Waals surface area contributed by atoms with Gasteiger partial charge in [0.1, 0.15) is 13.2 Å². The van der Waals surface area contributed by atoms with Gasteiger partial charge in [-0.15, -0.1) is 0 Å². The third-order valence-electron chi connectivity index (χ3n) is 14.3. The Balaban J connectivity index is 0.910. The number of oxime groups is 1. The number of benzene rings is 3. The van der Waals surface area contributed by atoms with E-state index in [2.05, 4.69) is 121 Å². The van der Waals surface area contributed by atoms with Gasteiger partial charge in [0.05, 0.1) is 22.8 Å². The molecule has 0 bridgehead atoms.